The Hall–Kier alpha value is -1.72. The molecule has 92 valence electrons. The lowest BCUT2D eigenvalue weighted by Crippen LogP contribution is -2.13. The van der Waals surface area contributed by atoms with Gasteiger partial charge in [0.25, 0.3) is 0 Å². The number of thiocarbonyl (C=S) groups is 1. The van der Waals surface area contributed by atoms with Crippen molar-refractivity contribution in [2.45, 2.75) is 6.61 Å². The lowest BCUT2D eigenvalue weighted by molar-refractivity contribution is 0.289. The standard InChI is InChI=1S/C12H10ClN3OS/c13-9-3-1-2-8(6-9)7-17-12-10(11(14)18)4-5-15-16-12/h1-6H,7H2,(H2,14,18). The summed E-state index contributed by atoms with van der Waals surface area (Å²) in [6.45, 7) is 0.328. The fourth-order valence-electron chi connectivity index (χ4n) is 1.39. The van der Waals surface area contributed by atoms with Crippen molar-refractivity contribution in [3.8, 4) is 5.88 Å². The summed E-state index contributed by atoms with van der Waals surface area (Å²) in [6, 6.07) is 9.05. The Morgan fingerprint density at radius 3 is 2.94 bits per heavy atom. The molecule has 0 fully saturated rings. The van der Waals surface area contributed by atoms with Gasteiger partial charge in [0.15, 0.2) is 0 Å². The van der Waals surface area contributed by atoms with Crippen LogP contribution in [0.25, 0.3) is 0 Å². The first kappa shape index (κ1) is 12.7. The smallest absolute Gasteiger partial charge is 0.244 e. The predicted molar refractivity (Wildman–Crippen MR) is 73.7 cm³/mol. The largest absolute Gasteiger partial charge is 0.471 e. The molecule has 0 radical (unpaired) electrons. The molecule has 0 bridgehead atoms. The van der Waals surface area contributed by atoms with Crippen LogP contribution < -0.4 is 10.5 Å². The molecule has 1 heterocycles. The highest BCUT2D eigenvalue weighted by Gasteiger charge is 2.08. The molecule has 2 aromatic rings. The van der Waals surface area contributed by atoms with Crippen LogP contribution in [0.4, 0.5) is 0 Å². The van der Waals surface area contributed by atoms with Crippen LogP contribution in [0.3, 0.4) is 0 Å². The van der Waals surface area contributed by atoms with Crippen LogP contribution in [-0.2, 0) is 6.61 Å². The normalized spacial score (nSPS) is 10.1. The van der Waals surface area contributed by atoms with Crippen molar-refractivity contribution in [1.82, 2.24) is 10.2 Å². The Morgan fingerprint density at radius 2 is 2.22 bits per heavy atom. The van der Waals surface area contributed by atoms with E-state index in [2.05, 4.69) is 10.2 Å². The molecule has 0 saturated carbocycles. The molecule has 0 atom stereocenters. The van der Waals surface area contributed by atoms with Crippen molar-refractivity contribution >= 4 is 28.8 Å². The van der Waals surface area contributed by atoms with Gasteiger partial charge in [-0.3, -0.25) is 0 Å². The molecule has 0 saturated heterocycles. The summed E-state index contributed by atoms with van der Waals surface area (Å²) < 4.78 is 5.54. The molecule has 2 N–H and O–H groups in total. The maximum atomic E-state index is 5.88. The topological polar surface area (TPSA) is 61.0 Å². The molecule has 0 amide bonds. The highest BCUT2D eigenvalue weighted by atomic mass is 35.5. The van der Waals surface area contributed by atoms with Gasteiger partial charge in [-0.15, -0.1) is 5.10 Å². The van der Waals surface area contributed by atoms with Gasteiger partial charge in [-0.2, -0.15) is 5.10 Å². The van der Waals surface area contributed by atoms with E-state index in [1.165, 1.54) is 6.20 Å². The summed E-state index contributed by atoms with van der Waals surface area (Å²) in [5.41, 5.74) is 7.07. The van der Waals surface area contributed by atoms with Crippen LogP contribution in [0.1, 0.15) is 11.1 Å². The third kappa shape index (κ3) is 3.15. The fraction of sp³-hybridized carbons (Fsp3) is 0.0833. The van der Waals surface area contributed by atoms with Crippen molar-refractivity contribution in [3.63, 3.8) is 0 Å². The number of nitrogens with zero attached hydrogens (tertiary/aromatic N) is 2. The molecule has 1 aromatic carbocycles. The van der Waals surface area contributed by atoms with Crippen molar-refractivity contribution in [1.29, 1.82) is 0 Å². The van der Waals surface area contributed by atoms with Crippen LogP contribution in [0.5, 0.6) is 5.88 Å². The molecule has 0 aliphatic rings. The number of benzene rings is 1. The zero-order chi connectivity index (χ0) is 13.0. The van der Waals surface area contributed by atoms with Crippen LogP contribution in [0.2, 0.25) is 5.02 Å². The van der Waals surface area contributed by atoms with E-state index >= 15 is 0 Å². The minimum Gasteiger partial charge on any atom is -0.471 e. The van der Waals surface area contributed by atoms with Crippen LogP contribution in [-0.4, -0.2) is 15.2 Å². The van der Waals surface area contributed by atoms with Gasteiger partial charge in [0, 0.05) is 5.02 Å². The zero-order valence-corrected chi connectivity index (χ0v) is 10.9. The molecular weight excluding hydrogens is 270 g/mol. The Labute approximate surface area is 115 Å². The maximum absolute atomic E-state index is 5.88. The van der Waals surface area contributed by atoms with Crippen LogP contribution in [0, 0.1) is 0 Å². The Morgan fingerprint density at radius 1 is 1.39 bits per heavy atom. The molecule has 0 aliphatic heterocycles. The van der Waals surface area contributed by atoms with Crippen molar-refractivity contribution in [2.75, 3.05) is 0 Å². The first-order valence-corrected chi connectivity index (χ1v) is 5.94. The van der Waals surface area contributed by atoms with E-state index < -0.39 is 0 Å². The number of halogens is 1. The number of nitrogens with two attached hydrogens (primary N) is 1. The summed E-state index contributed by atoms with van der Waals surface area (Å²) in [7, 11) is 0. The van der Waals surface area contributed by atoms with E-state index in [1.807, 2.05) is 18.2 Å². The minimum atomic E-state index is 0.228. The molecule has 2 rings (SSSR count). The van der Waals surface area contributed by atoms with Crippen molar-refractivity contribution in [3.05, 3.63) is 52.7 Å². The average Bonchev–Trinajstić information content (AvgIpc) is 2.37. The average molecular weight is 280 g/mol. The first-order chi connectivity index (χ1) is 8.66. The number of aromatic nitrogens is 2. The number of ether oxygens (including phenoxy) is 1. The molecule has 0 unspecified atom stereocenters. The quantitative estimate of drug-likeness (QED) is 0.871. The zero-order valence-electron chi connectivity index (χ0n) is 9.34. The van der Waals surface area contributed by atoms with E-state index in [4.69, 9.17) is 34.3 Å². The van der Waals surface area contributed by atoms with Gasteiger partial charge >= 0.3 is 0 Å². The lowest BCUT2D eigenvalue weighted by Gasteiger charge is -2.08. The Balaban J connectivity index is 2.13. The van der Waals surface area contributed by atoms with Gasteiger partial charge in [-0.1, -0.05) is 36.0 Å². The summed E-state index contributed by atoms with van der Waals surface area (Å²) in [5, 5.41) is 8.26. The summed E-state index contributed by atoms with van der Waals surface area (Å²) in [5.74, 6) is 0.324. The minimum absolute atomic E-state index is 0.228. The third-order valence-electron chi connectivity index (χ3n) is 2.22. The number of hydrogen-bond acceptors (Lipinski definition) is 4. The second-order valence-corrected chi connectivity index (χ2v) is 4.41. The van der Waals surface area contributed by atoms with Gasteiger partial charge in [0.2, 0.25) is 5.88 Å². The van der Waals surface area contributed by atoms with E-state index in [0.29, 0.717) is 23.1 Å². The van der Waals surface area contributed by atoms with E-state index in [1.54, 1.807) is 12.1 Å². The van der Waals surface area contributed by atoms with Gasteiger partial charge in [-0.05, 0) is 23.8 Å². The summed E-state index contributed by atoms with van der Waals surface area (Å²) >= 11 is 10.8. The van der Waals surface area contributed by atoms with Crippen molar-refractivity contribution < 1.29 is 4.74 Å². The van der Waals surface area contributed by atoms with Gasteiger partial charge in [0.05, 0.1) is 11.8 Å². The second-order valence-electron chi connectivity index (χ2n) is 3.53. The molecule has 4 nitrogen and oxygen atoms in total. The maximum Gasteiger partial charge on any atom is 0.244 e. The molecule has 0 spiro atoms. The predicted octanol–water partition coefficient (Wildman–Crippen LogP) is 2.34. The fourth-order valence-corrected chi connectivity index (χ4v) is 1.76. The Bertz CT molecular complexity index is 577. The number of hydrogen-bond donors (Lipinski definition) is 1. The lowest BCUT2D eigenvalue weighted by atomic mass is 10.2. The van der Waals surface area contributed by atoms with Gasteiger partial charge in [-0.25, -0.2) is 0 Å². The van der Waals surface area contributed by atoms with Gasteiger partial charge in [0.1, 0.15) is 11.6 Å². The molecular formula is C12H10ClN3OS. The molecule has 6 heteroatoms. The monoisotopic (exact) mass is 279 g/mol. The summed E-state index contributed by atoms with van der Waals surface area (Å²) in [6.07, 6.45) is 1.51. The highest BCUT2D eigenvalue weighted by Crippen LogP contribution is 2.16. The molecule has 1 aromatic heterocycles. The number of rotatable bonds is 4. The SMILES string of the molecule is NC(=S)c1ccnnc1OCc1cccc(Cl)c1. The third-order valence-corrected chi connectivity index (χ3v) is 2.67. The Kier molecular flexibility index (Phi) is 4.07. The van der Waals surface area contributed by atoms with E-state index in [0.717, 1.165) is 5.56 Å². The van der Waals surface area contributed by atoms with Gasteiger partial charge < -0.3 is 10.5 Å². The van der Waals surface area contributed by atoms with Crippen molar-refractivity contribution in [2.24, 2.45) is 5.73 Å². The van der Waals surface area contributed by atoms with Crippen LogP contribution in [0.15, 0.2) is 36.5 Å². The van der Waals surface area contributed by atoms with E-state index in [-0.39, 0.29) is 4.99 Å². The highest BCUT2D eigenvalue weighted by molar-refractivity contribution is 7.80. The summed E-state index contributed by atoms with van der Waals surface area (Å²) in [4.78, 5) is 0.228. The van der Waals surface area contributed by atoms with Crippen LogP contribution >= 0.6 is 23.8 Å². The molecule has 0 aliphatic carbocycles. The second kappa shape index (κ2) is 5.75. The first-order valence-electron chi connectivity index (χ1n) is 5.15. The molecule has 18 heavy (non-hydrogen) atoms. The van der Waals surface area contributed by atoms with E-state index in [9.17, 15) is 0 Å².